The molecular formula is C9H9Cl2NS. The van der Waals surface area contributed by atoms with Crippen LogP contribution in [0.3, 0.4) is 0 Å². The van der Waals surface area contributed by atoms with Crippen LogP contribution < -0.4 is 5.73 Å². The van der Waals surface area contributed by atoms with E-state index in [0.717, 1.165) is 12.2 Å². The quantitative estimate of drug-likeness (QED) is 0.746. The van der Waals surface area contributed by atoms with E-state index in [9.17, 15) is 0 Å². The second-order valence-corrected chi connectivity index (χ2v) is 5.03. The van der Waals surface area contributed by atoms with E-state index >= 15 is 0 Å². The summed E-state index contributed by atoms with van der Waals surface area (Å²) in [6.07, 6.45) is 0.902. The van der Waals surface area contributed by atoms with Crippen LogP contribution in [0, 0.1) is 0 Å². The Morgan fingerprint density at radius 1 is 1.31 bits per heavy atom. The van der Waals surface area contributed by atoms with Crippen molar-refractivity contribution in [3.8, 4) is 0 Å². The summed E-state index contributed by atoms with van der Waals surface area (Å²) < 4.78 is 0. The predicted molar refractivity (Wildman–Crippen MR) is 58.9 cm³/mol. The van der Waals surface area contributed by atoms with E-state index in [4.69, 9.17) is 28.9 Å². The molecule has 1 unspecified atom stereocenters. The number of halogens is 2. The third-order valence-corrected chi connectivity index (χ3v) is 4.05. The molecule has 1 aliphatic heterocycles. The largest absolute Gasteiger partial charge is 0.327 e. The van der Waals surface area contributed by atoms with Crippen LogP contribution in [0.4, 0.5) is 0 Å². The molecule has 1 heterocycles. The van der Waals surface area contributed by atoms with Gasteiger partial charge in [0.2, 0.25) is 0 Å². The highest BCUT2D eigenvalue weighted by atomic mass is 35.5. The van der Waals surface area contributed by atoms with Crippen LogP contribution in [0.2, 0.25) is 10.0 Å². The van der Waals surface area contributed by atoms with E-state index in [1.165, 1.54) is 10.5 Å². The SMILES string of the molecule is NC1CSc2cc(Cl)c(Cl)cc2C1. The number of fused-ring (bicyclic) bond motifs is 1. The summed E-state index contributed by atoms with van der Waals surface area (Å²) in [4.78, 5) is 1.22. The second kappa shape index (κ2) is 3.70. The molecule has 2 N–H and O–H groups in total. The summed E-state index contributed by atoms with van der Waals surface area (Å²) in [5, 5.41) is 1.25. The van der Waals surface area contributed by atoms with Crippen LogP contribution in [-0.4, -0.2) is 11.8 Å². The highest BCUT2D eigenvalue weighted by Crippen LogP contribution is 2.35. The predicted octanol–water partition coefficient (Wildman–Crippen LogP) is 2.97. The summed E-state index contributed by atoms with van der Waals surface area (Å²) >= 11 is 13.6. The Balaban J connectivity index is 2.43. The fourth-order valence-corrected chi connectivity index (χ4v) is 2.86. The summed E-state index contributed by atoms with van der Waals surface area (Å²) in [5.74, 6) is 0.963. The molecule has 1 aliphatic rings. The van der Waals surface area contributed by atoms with Gasteiger partial charge in [-0.05, 0) is 24.1 Å². The third kappa shape index (κ3) is 1.96. The highest BCUT2D eigenvalue weighted by molar-refractivity contribution is 7.99. The van der Waals surface area contributed by atoms with Gasteiger partial charge in [0.1, 0.15) is 0 Å². The van der Waals surface area contributed by atoms with Crippen LogP contribution >= 0.6 is 35.0 Å². The van der Waals surface area contributed by atoms with Gasteiger partial charge >= 0.3 is 0 Å². The molecule has 70 valence electrons. The molecule has 0 amide bonds. The Labute approximate surface area is 91.6 Å². The molecule has 4 heteroatoms. The van der Waals surface area contributed by atoms with Crippen molar-refractivity contribution in [2.45, 2.75) is 17.4 Å². The number of hydrogen-bond donors (Lipinski definition) is 1. The lowest BCUT2D eigenvalue weighted by molar-refractivity contribution is 0.727. The van der Waals surface area contributed by atoms with Crippen molar-refractivity contribution >= 4 is 35.0 Å². The molecule has 0 spiro atoms. The lowest BCUT2D eigenvalue weighted by Gasteiger charge is -2.21. The molecule has 1 aromatic carbocycles. The summed E-state index contributed by atoms with van der Waals surface area (Å²) in [6.45, 7) is 0. The molecule has 0 saturated heterocycles. The number of benzene rings is 1. The molecular weight excluding hydrogens is 225 g/mol. The van der Waals surface area contributed by atoms with E-state index < -0.39 is 0 Å². The maximum atomic E-state index is 5.91. The number of thioether (sulfide) groups is 1. The summed E-state index contributed by atoms with van der Waals surface area (Å²) in [7, 11) is 0. The van der Waals surface area contributed by atoms with Crippen molar-refractivity contribution in [3.05, 3.63) is 27.7 Å². The first kappa shape index (κ1) is 9.66. The van der Waals surface area contributed by atoms with Crippen LogP contribution in [0.5, 0.6) is 0 Å². The Morgan fingerprint density at radius 2 is 2.00 bits per heavy atom. The molecule has 0 aromatic heterocycles. The van der Waals surface area contributed by atoms with E-state index in [1.807, 2.05) is 12.1 Å². The van der Waals surface area contributed by atoms with Gasteiger partial charge in [0.25, 0.3) is 0 Å². The molecule has 0 bridgehead atoms. The van der Waals surface area contributed by atoms with Gasteiger partial charge in [-0.3, -0.25) is 0 Å². The molecule has 1 nitrogen and oxygen atoms in total. The molecule has 0 fully saturated rings. The monoisotopic (exact) mass is 233 g/mol. The average molecular weight is 234 g/mol. The normalized spacial score (nSPS) is 21.3. The van der Waals surface area contributed by atoms with Crippen molar-refractivity contribution in [1.29, 1.82) is 0 Å². The lowest BCUT2D eigenvalue weighted by Crippen LogP contribution is -2.28. The fraction of sp³-hybridized carbons (Fsp3) is 0.333. The van der Waals surface area contributed by atoms with E-state index in [1.54, 1.807) is 11.8 Å². The van der Waals surface area contributed by atoms with Crippen molar-refractivity contribution in [2.24, 2.45) is 5.73 Å². The minimum atomic E-state index is 0.245. The Bertz CT molecular complexity index is 341. The van der Waals surface area contributed by atoms with Crippen LogP contribution in [-0.2, 0) is 6.42 Å². The fourth-order valence-electron chi connectivity index (χ4n) is 1.40. The van der Waals surface area contributed by atoms with Gasteiger partial charge in [-0.15, -0.1) is 11.8 Å². The Hall–Kier alpha value is 0.110. The third-order valence-electron chi connectivity index (χ3n) is 2.04. The standard InChI is InChI=1S/C9H9Cl2NS/c10-7-2-5-1-6(12)4-13-9(5)3-8(7)11/h2-3,6H,1,4,12H2. The molecule has 0 aliphatic carbocycles. The zero-order chi connectivity index (χ0) is 9.42. The summed E-state index contributed by atoms with van der Waals surface area (Å²) in [6, 6.07) is 4.09. The van der Waals surface area contributed by atoms with E-state index in [0.29, 0.717) is 10.0 Å². The zero-order valence-corrected chi connectivity index (χ0v) is 9.22. The number of rotatable bonds is 0. The van der Waals surface area contributed by atoms with Crippen molar-refractivity contribution < 1.29 is 0 Å². The van der Waals surface area contributed by atoms with Gasteiger partial charge in [-0.25, -0.2) is 0 Å². The molecule has 0 radical (unpaired) electrons. The zero-order valence-electron chi connectivity index (χ0n) is 6.89. The van der Waals surface area contributed by atoms with Crippen LogP contribution in [0.1, 0.15) is 5.56 Å². The van der Waals surface area contributed by atoms with Gasteiger partial charge in [0, 0.05) is 16.7 Å². The lowest BCUT2D eigenvalue weighted by atomic mass is 10.1. The Morgan fingerprint density at radius 3 is 2.77 bits per heavy atom. The van der Waals surface area contributed by atoms with Crippen molar-refractivity contribution in [2.75, 3.05) is 5.75 Å². The first-order valence-electron chi connectivity index (χ1n) is 4.03. The maximum absolute atomic E-state index is 5.91. The first-order chi connectivity index (χ1) is 6.16. The smallest absolute Gasteiger partial charge is 0.0603 e. The van der Waals surface area contributed by atoms with E-state index in [2.05, 4.69) is 0 Å². The second-order valence-electron chi connectivity index (χ2n) is 3.15. The maximum Gasteiger partial charge on any atom is 0.0603 e. The van der Waals surface area contributed by atoms with Gasteiger partial charge in [0.05, 0.1) is 10.0 Å². The van der Waals surface area contributed by atoms with Gasteiger partial charge < -0.3 is 5.73 Å². The number of nitrogens with two attached hydrogens (primary N) is 1. The van der Waals surface area contributed by atoms with Gasteiger partial charge in [-0.2, -0.15) is 0 Å². The molecule has 0 saturated carbocycles. The highest BCUT2D eigenvalue weighted by Gasteiger charge is 2.17. The average Bonchev–Trinajstić information content (AvgIpc) is 2.08. The minimum absolute atomic E-state index is 0.245. The first-order valence-corrected chi connectivity index (χ1v) is 5.77. The van der Waals surface area contributed by atoms with Crippen LogP contribution in [0.25, 0.3) is 0 Å². The summed E-state index contributed by atoms with van der Waals surface area (Å²) in [5.41, 5.74) is 7.06. The molecule has 13 heavy (non-hydrogen) atoms. The molecule has 2 rings (SSSR count). The van der Waals surface area contributed by atoms with Gasteiger partial charge in [0.15, 0.2) is 0 Å². The molecule has 1 aromatic rings. The Kier molecular flexibility index (Phi) is 2.75. The molecule has 1 atom stereocenters. The van der Waals surface area contributed by atoms with Crippen molar-refractivity contribution in [3.63, 3.8) is 0 Å². The van der Waals surface area contributed by atoms with Gasteiger partial charge in [-0.1, -0.05) is 23.2 Å². The number of hydrogen-bond acceptors (Lipinski definition) is 2. The van der Waals surface area contributed by atoms with Crippen LogP contribution in [0.15, 0.2) is 17.0 Å². The topological polar surface area (TPSA) is 26.0 Å². The van der Waals surface area contributed by atoms with Crippen molar-refractivity contribution in [1.82, 2.24) is 0 Å². The minimum Gasteiger partial charge on any atom is -0.327 e. The van der Waals surface area contributed by atoms with E-state index in [-0.39, 0.29) is 6.04 Å².